The molecule has 2 atom stereocenters. The number of ether oxygens (including phenoxy) is 2. The predicted octanol–water partition coefficient (Wildman–Crippen LogP) is -0.679. The van der Waals surface area contributed by atoms with E-state index in [-0.39, 0.29) is 12.0 Å². The fourth-order valence-electron chi connectivity index (χ4n) is 2.07. The molecule has 7 heteroatoms. The van der Waals surface area contributed by atoms with Crippen molar-refractivity contribution in [3.05, 3.63) is 23.7 Å². The Morgan fingerprint density at radius 3 is 2.63 bits per heavy atom. The van der Waals surface area contributed by atoms with E-state index in [1.54, 1.807) is 14.2 Å². The minimum absolute atomic E-state index is 0.0390. The fraction of sp³-hybridized carbons (Fsp3) is 0.500. The van der Waals surface area contributed by atoms with E-state index in [1.165, 1.54) is 0 Å². The number of nitrogens with two attached hydrogens (primary N) is 2. The lowest BCUT2D eigenvalue weighted by atomic mass is 9.91. The standard InChI is InChI=1S/C12H19N5O2/c1-18-9-5-7-8(6-10(9)19-2)16-12(15-4-3-13)17-11(7)14/h5-8H,3-4,13H2,1-2H3,(H3,14,15,16,17). The summed E-state index contributed by atoms with van der Waals surface area (Å²) in [6.45, 7) is 0.984. The van der Waals surface area contributed by atoms with E-state index >= 15 is 0 Å². The molecular weight excluding hydrogens is 246 g/mol. The highest BCUT2D eigenvalue weighted by Crippen LogP contribution is 2.26. The summed E-state index contributed by atoms with van der Waals surface area (Å²) in [4.78, 5) is 8.46. The Hall–Kier alpha value is -2.02. The van der Waals surface area contributed by atoms with E-state index < -0.39 is 0 Å². The molecule has 2 aliphatic rings. The zero-order chi connectivity index (χ0) is 13.8. The number of methoxy groups -OCH3 is 2. The molecule has 2 unspecified atom stereocenters. The molecule has 1 aliphatic carbocycles. The maximum atomic E-state index is 5.98. The highest BCUT2D eigenvalue weighted by molar-refractivity contribution is 6.00. The van der Waals surface area contributed by atoms with Gasteiger partial charge in [-0.1, -0.05) is 0 Å². The largest absolute Gasteiger partial charge is 0.493 e. The van der Waals surface area contributed by atoms with Crippen molar-refractivity contribution in [3.63, 3.8) is 0 Å². The first-order chi connectivity index (χ1) is 9.19. The normalized spacial score (nSPS) is 27.7. The van der Waals surface area contributed by atoms with Crippen molar-refractivity contribution < 1.29 is 9.47 Å². The van der Waals surface area contributed by atoms with Gasteiger partial charge in [-0.15, -0.1) is 0 Å². The molecule has 0 aromatic rings. The summed E-state index contributed by atoms with van der Waals surface area (Å²) in [5.41, 5.74) is 11.4. The molecule has 0 amide bonds. The predicted molar refractivity (Wildman–Crippen MR) is 73.6 cm³/mol. The maximum Gasteiger partial charge on any atom is 0.220 e. The zero-order valence-electron chi connectivity index (χ0n) is 11.1. The van der Waals surface area contributed by atoms with Gasteiger partial charge in [0.25, 0.3) is 0 Å². The van der Waals surface area contributed by atoms with Crippen LogP contribution in [0.25, 0.3) is 0 Å². The van der Waals surface area contributed by atoms with Crippen LogP contribution in [-0.2, 0) is 9.47 Å². The van der Waals surface area contributed by atoms with E-state index in [1.807, 2.05) is 12.2 Å². The van der Waals surface area contributed by atoms with Crippen molar-refractivity contribution in [2.75, 3.05) is 27.3 Å². The first-order valence-corrected chi connectivity index (χ1v) is 6.06. The summed E-state index contributed by atoms with van der Waals surface area (Å²) in [6, 6.07) is -0.0390. The van der Waals surface area contributed by atoms with Gasteiger partial charge in [-0.25, -0.2) is 9.98 Å². The highest BCUT2D eigenvalue weighted by atomic mass is 16.5. The molecule has 0 saturated carbocycles. The van der Waals surface area contributed by atoms with Gasteiger partial charge in [-0.2, -0.15) is 0 Å². The van der Waals surface area contributed by atoms with Crippen molar-refractivity contribution in [1.29, 1.82) is 0 Å². The zero-order valence-corrected chi connectivity index (χ0v) is 11.1. The average molecular weight is 265 g/mol. The Balaban J connectivity index is 2.28. The Kier molecular flexibility index (Phi) is 4.06. The Labute approximate surface area is 112 Å². The third-order valence-corrected chi connectivity index (χ3v) is 2.99. The summed E-state index contributed by atoms with van der Waals surface area (Å²) < 4.78 is 10.5. The number of aliphatic imine (C=N–C) groups is 2. The maximum absolute atomic E-state index is 5.98. The summed E-state index contributed by atoms with van der Waals surface area (Å²) in [5, 5.41) is 3.20. The molecule has 19 heavy (non-hydrogen) atoms. The van der Waals surface area contributed by atoms with Crippen molar-refractivity contribution in [3.8, 4) is 0 Å². The number of guanidine groups is 1. The lowest BCUT2D eigenvalue weighted by Gasteiger charge is -2.31. The van der Waals surface area contributed by atoms with Crippen molar-refractivity contribution in [1.82, 2.24) is 5.32 Å². The number of nitrogens with one attached hydrogen (secondary N) is 1. The summed E-state index contributed by atoms with van der Waals surface area (Å²) in [7, 11) is 3.19. The van der Waals surface area contributed by atoms with Gasteiger partial charge in [0.1, 0.15) is 5.84 Å². The number of fused-ring (bicyclic) bond motifs is 1. The van der Waals surface area contributed by atoms with E-state index in [0.717, 1.165) is 0 Å². The quantitative estimate of drug-likeness (QED) is 0.624. The Bertz CT molecular complexity index is 467. The van der Waals surface area contributed by atoms with Crippen LogP contribution >= 0.6 is 0 Å². The van der Waals surface area contributed by atoms with Crippen LogP contribution in [0.5, 0.6) is 0 Å². The molecule has 1 aliphatic heterocycles. The van der Waals surface area contributed by atoms with E-state index in [9.17, 15) is 0 Å². The second-order valence-corrected chi connectivity index (χ2v) is 4.20. The molecule has 0 fully saturated rings. The smallest absolute Gasteiger partial charge is 0.220 e. The lowest BCUT2D eigenvalue weighted by molar-refractivity contribution is 0.211. The number of rotatable bonds is 4. The van der Waals surface area contributed by atoms with Gasteiger partial charge in [-0.3, -0.25) is 0 Å². The average Bonchev–Trinajstić information content (AvgIpc) is 2.43. The van der Waals surface area contributed by atoms with Gasteiger partial charge in [0, 0.05) is 6.54 Å². The van der Waals surface area contributed by atoms with E-state index in [2.05, 4.69) is 15.3 Å². The topological polar surface area (TPSA) is 107 Å². The van der Waals surface area contributed by atoms with Crippen LogP contribution in [0.15, 0.2) is 33.7 Å². The highest BCUT2D eigenvalue weighted by Gasteiger charge is 2.32. The first-order valence-electron chi connectivity index (χ1n) is 6.06. The van der Waals surface area contributed by atoms with Gasteiger partial charge >= 0.3 is 0 Å². The SMILES string of the molecule is COC1=CC2NC(=NCCN)N=C(N)C2C=C1OC. The van der Waals surface area contributed by atoms with Crippen LogP contribution in [0, 0.1) is 5.92 Å². The number of amidine groups is 1. The Morgan fingerprint density at radius 1 is 1.32 bits per heavy atom. The minimum atomic E-state index is -0.0642. The second kappa shape index (κ2) is 5.75. The van der Waals surface area contributed by atoms with Crippen LogP contribution in [0.3, 0.4) is 0 Å². The molecule has 0 radical (unpaired) electrons. The third-order valence-electron chi connectivity index (χ3n) is 2.99. The van der Waals surface area contributed by atoms with Crippen LogP contribution in [0.2, 0.25) is 0 Å². The molecule has 0 aromatic heterocycles. The lowest BCUT2D eigenvalue weighted by Crippen LogP contribution is -2.50. The van der Waals surface area contributed by atoms with Crippen LogP contribution in [0.1, 0.15) is 0 Å². The Morgan fingerprint density at radius 2 is 2.00 bits per heavy atom. The van der Waals surface area contributed by atoms with Gasteiger partial charge in [-0.05, 0) is 12.2 Å². The molecular formula is C12H19N5O2. The molecule has 7 nitrogen and oxygen atoms in total. The minimum Gasteiger partial charge on any atom is -0.493 e. The molecule has 0 bridgehead atoms. The van der Waals surface area contributed by atoms with Gasteiger partial charge in [0.15, 0.2) is 11.5 Å². The van der Waals surface area contributed by atoms with Crippen LogP contribution in [0.4, 0.5) is 0 Å². The number of hydrogen-bond donors (Lipinski definition) is 3. The van der Waals surface area contributed by atoms with Crippen molar-refractivity contribution >= 4 is 11.8 Å². The molecule has 0 spiro atoms. The fourth-order valence-corrected chi connectivity index (χ4v) is 2.07. The first kappa shape index (κ1) is 13.4. The molecule has 5 N–H and O–H groups in total. The summed E-state index contributed by atoms with van der Waals surface area (Å²) in [5.74, 6) is 2.27. The second-order valence-electron chi connectivity index (χ2n) is 4.20. The molecule has 2 rings (SSSR count). The monoisotopic (exact) mass is 265 g/mol. The van der Waals surface area contributed by atoms with Crippen molar-refractivity contribution in [2.24, 2.45) is 27.4 Å². The number of nitrogens with zero attached hydrogens (tertiary/aromatic N) is 2. The van der Waals surface area contributed by atoms with E-state index in [4.69, 9.17) is 20.9 Å². The van der Waals surface area contributed by atoms with Crippen LogP contribution in [-0.4, -0.2) is 45.1 Å². The molecule has 0 saturated heterocycles. The summed E-state index contributed by atoms with van der Waals surface area (Å²) in [6.07, 6.45) is 3.82. The number of hydrogen-bond acceptors (Lipinski definition) is 5. The van der Waals surface area contributed by atoms with Crippen molar-refractivity contribution in [2.45, 2.75) is 6.04 Å². The van der Waals surface area contributed by atoms with Gasteiger partial charge < -0.3 is 26.3 Å². The van der Waals surface area contributed by atoms with Gasteiger partial charge in [0.2, 0.25) is 5.96 Å². The third kappa shape index (κ3) is 2.70. The van der Waals surface area contributed by atoms with Gasteiger partial charge in [0.05, 0.1) is 32.7 Å². The molecule has 104 valence electrons. The van der Waals surface area contributed by atoms with Crippen LogP contribution < -0.4 is 16.8 Å². The molecule has 0 aromatic carbocycles. The van der Waals surface area contributed by atoms with E-state index in [0.29, 0.717) is 36.4 Å². The molecule has 1 heterocycles. The summed E-state index contributed by atoms with van der Waals surface area (Å²) >= 11 is 0.